The highest BCUT2D eigenvalue weighted by molar-refractivity contribution is 7.90. The quantitative estimate of drug-likeness (QED) is 0.110. The summed E-state index contributed by atoms with van der Waals surface area (Å²) in [4.78, 5) is 28.8. The Morgan fingerprint density at radius 2 is 1.73 bits per heavy atom. The normalized spacial score (nSPS) is 17.6. The third-order valence-electron chi connectivity index (χ3n) is 12.8. The van der Waals surface area contributed by atoms with Crippen LogP contribution in [0.5, 0.6) is 11.5 Å². The van der Waals surface area contributed by atoms with Gasteiger partial charge >= 0.3 is 0 Å². The molecule has 6 aromatic rings. The van der Waals surface area contributed by atoms with Crippen molar-refractivity contribution in [1.82, 2.24) is 19.6 Å². The number of piperazine rings is 1. The Morgan fingerprint density at radius 3 is 2.48 bits per heavy atom. The second-order valence-corrected chi connectivity index (χ2v) is 20.8. The topological polar surface area (TPSA) is 123 Å². The van der Waals surface area contributed by atoms with E-state index in [2.05, 4.69) is 60.7 Å². The number of amides is 1. The maximum atomic E-state index is 14.0. The molecule has 0 saturated carbocycles. The number of H-pyrrole nitrogens is 1. The van der Waals surface area contributed by atoms with Gasteiger partial charge in [-0.3, -0.25) is 9.69 Å². The summed E-state index contributed by atoms with van der Waals surface area (Å²) in [7, 11) is -4.23. The van der Waals surface area contributed by atoms with Crippen LogP contribution in [0.15, 0.2) is 113 Å². The first kappa shape index (κ1) is 42.9. The molecule has 0 atom stereocenters. The summed E-state index contributed by atoms with van der Waals surface area (Å²) in [6, 6.07) is 26.5. The zero-order chi connectivity index (χ0) is 43.7. The number of sulfonamides is 1. The number of thiazole rings is 1. The van der Waals surface area contributed by atoms with E-state index in [4.69, 9.17) is 16.3 Å². The van der Waals surface area contributed by atoms with Gasteiger partial charge in [0.15, 0.2) is 5.13 Å². The number of piperidine rings is 1. The van der Waals surface area contributed by atoms with Gasteiger partial charge in [0.2, 0.25) is 0 Å². The minimum absolute atomic E-state index is 0.0142. The highest BCUT2D eigenvalue weighted by atomic mass is 35.5. The minimum atomic E-state index is -4.23. The molecule has 0 spiro atoms. The lowest BCUT2D eigenvalue weighted by Crippen LogP contribution is -2.47. The molecule has 2 fully saturated rings. The van der Waals surface area contributed by atoms with E-state index in [1.54, 1.807) is 35.6 Å². The molecule has 328 valence electrons. The molecule has 9 rings (SSSR count). The van der Waals surface area contributed by atoms with Crippen molar-refractivity contribution in [3.8, 4) is 11.5 Å². The summed E-state index contributed by atoms with van der Waals surface area (Å²) >= 11 is 7.91. The lowest BCUT2D eigenvalue weighted by atomic mass is 9.72. The van der Waals surface area contributed by atoms with Gasteiger partial charge in [0, 0.05) is 103 Å². The van der Waals surface area contributed by atoms with E-state index in [1.807, 2.05) is 73.2 Å². The number of nitrogens with one attached hydrogen (secondary N) is 3. The highest BCUT2D eigenvalue weighted by Gasteiger charge is 2.30. The predicted molar refractivity (Wildman–Crippen MR) is 256 cm³/mol. The van der Waals surface area contributed by atoms with Gasteiger partial charge in [-0.1, -0.05) is 43.2 Å². The van der Waals surface area contributed by atoms with E-state index in [0.717, 1.165) is 109 Å². The van der Waals surface area contributed by atoms with Crippen molar-refractivity contribution in [3.05, 3.63) is 130 Å². The third-order valence-corrected chi connectivity index (χ3v) is 15.2. The first-order valence-corrected chi connectivity index (χ1v) is 24.5. The molecule has 1 amide bonds. The summed E-state index contributed by atoms with van der Waals surface area (Å²) in [5, 5.41) is 8.35. The number of carbonyl (C=O) groups excluding carboxylic acids is 1. The predicted octanol–water partition coefficient (Wildman–Crippen LogP) is 10.4. The number of hydrogen-bond donors (Lipinski definition) is 3. The van der Waals surface area contributed by atoms with Crippen LogP contribution in [-0.2, 0) is 10.0 Å². The summed E-state index contributed by atoms with van der Waals surface area (Å²) in [5.41, 5.74) is 8.10. The molecule has 0 unspecified atom stereocenters. The Balaban J connectivity index is 0.895. The molecule has 1 aliphatic carbocycles. The van der Waals surface area contributed by atoms with Gasteiger partial charge in [0.05, 0.1) is 10.5 Å². The molecule has 2 saturated heterocycles. The zero-order valence-corrected chi connectivity index (χ0v) is 38.4. The maximum absolute atomic E-state index is 14.0. The number of aromatic amines is 1. The minimum Gasteiger partial charge on any atom is -0.456 e. The Kier molecular flexibility index (Phi) is 12.3. The summed E-state index contributed by atoms with van der Waals surface area (Å²) < 4.78 is 36.4. The van der Waals surface area contributed by atoms with Crippen molar-refractivity contribution < 1.29 is 17.9 Å². The van der Waals surface area contributed by atoms with Crippen molar-refractivity contribution in [3.63, 3.8) is 0 Å². The van der Waals surface area contributed by atoms with Gasteiger partial charge in [-0.05, 0) is 128 Å². The van der Waals surface area contributed by atoms with Crippen LogP contribution in [0, 0.1) is 12.3 Å². The standard InChI is InChI=1S/C49H54ClN7O4S2/c1-33-28-41(10-13-44(33)53-38-16-21-57(22-17-38)48-52-20-27-62-48)63(59,60)54-47(58)42-11-8-39(30-46(42)61-40-9-12-45-35(29-40)15-19-51-45)56-25-23-55(24-26-56)32-36-14-18-49(2,3)31-43(36)34-4-6-37(50)7-5-34/h4-13,15,19-20,27-30,38,51,53H,14,16-18,21-26,31-32H2,1-3H3,(H,54,58). The number of ether oxygens (including phenoxy) is 1. The number of nitrogens with zero attached hydrogens (tertiary/aromatic N) is 4. The van der Waals surface area contributed by atoms with E-state index in [0.29, 0.717) is 5.75 Å². The van der Waals surface area contributed by atoms with Gasteiger partial charge in [0.1, 0.15) is 11.5 Å². The van der Waals surface area contributed by atoms with Crippen molar-refractivity contribution >= 4 is 71.9 Å². The van der Waals surface area contributed by atoms with E-state index in [-0.39, 0.29) is 27.7 Å². The maximum Gasteiger partial charge on any atom is 0.268 e. The number of aryl methyl sites for hydroxylation is 1. The fourth-order valence-corrected chi connectivity index (χ4v) is 11.0. The van der Waals surface area contributed by atoms with Gasteiger partial charge in [-0.25, -0.2) is 18.1 Å². The lowest BCUT2D eigenvalue weighted by Gasteiger charge is -2.39. The Hall–Kier alpha value is -5.34. The van der Waals surface area contributed by atoms with Gasteiger partial charge < -0.3 is 24.8 Å². The smallest absolute Gasteiger partial charge is 0.268 e. The third kappa shape index (κ3) is 9.92. The average Bonchev–Trinajstić information content (AvgIpc) is 3.99. The number of benzene rings is 4. The molecule has 63 heavy (non-hydrogen) atoms. The highest BCUT2D eigenvalue weighted by Crippen LogP contribution is 2.43. The van der Waals surface area contributed by atoms with Gasteiger partial charge in [-0.2, -0.15) is 0 Å². The van der Waals surface area contributed by atoms with Crippen LogP contribution in [0.3, 0.4) is 0 Å². The molecular formula is C49H54ClN7O4S2. The molecule has 0 radical (unpaired) electrons. The largest absolute Gasteiger partial charge is 0.456 e. The fourth-order valence-electron chi connectivity index (χ4n) is 9.11. The molecule has 14 heteroatoms. The number of carbonyl (C=O) groups is 1. The molecule has 0 bridgehead atoms. The van der Waals surface area contributed by atoms with Crippen LogP contribution in [0.4, 0.5) is 16.5 Å². The summed E-state index contributed by atoms with van der Waals surface area (Å²) in [6.07, 6.45) is 8.87. The molecule has 2 aromatic heterocycles. The summed E-state index contributed by atoms with van der Waals surface area (Å²) in [6.45, 7) is 12.7. The van der Waals surface area contributed by atoms with Crippen molar-refractivity contribution in [2.24, 2.45) is 5.41 Å². The average molecular weight is 905 g/mol. The van der Waals surface area contributed by atoms with Crippen LogP contribution in [0.2, 0.25) is 5.02 Å². The number of aromatic nitrogens is 2. The van der Waals surface area contributed by atoms with E-state index in [9.17, 15) is 13.2 Å². The SMILES string of the molecule is Cc1cc(S(=O)(=O)NC(=O)c2ccc(N3CCN(CC4=C(c5ccc(Cl)cc5)CC(C)(C)CC4)CC3)cc2Oc2ccc3[nH]ccc3c2)ccc1NC1CCN(c2nccs2)CC1. The lowest BCUT2D eigenvalue weighted by molar-refractivity contribution is 0.0979. The van der Waals surface area contributed by atoms with Crippen molar-refractivity contribution in [2.75, 3.05) is 60.9 Å². The molecule has 11 nitrogen and oxygen atoms in total. The molecule has 2 aliphatic heterocycles. The second kappa shape index (κ2) is 18.0. The van der Waals surface area contributed by atoms with Crippen molar-refractivity contribution in [2.45, 2.75) is 63.8 Å². The molecular weight excluding hydrogens is 850 g/mol. The molecule has 3 aliphatic rings. The summed E-state index contributed by atoms with van der Waals surface area (Å²) in [5.74, 6) is 0.0436. The molecule has 3 N–H and O–H groups in total. The number of halogens is 1. The number of allylic oxidation sites excluding steroid dienone is 1. The number of anilines is 3. The monoisotopic (exact) mass is 903 g/mol. The first-order valence-electron chi connectivity index (χ1n) is 21.8. The molecule has 4 aromatic carbocycles. The van der Waals surface area contributed by atoms with Crippen LogP contribution in [-0.4, -0.2) is 81.0 Å². The Labute approximate surface area is 379 Å². The van der Waals surface area contributed by atoms with Crippen LogP contribution in [0.1, 0.15) is 67.4 Å². The van der Waals surface area contributed by atoms with Crippen LogP contribution >= 0.6 is 22.9 Å². The first-order chi connectivity index (χ1) is 30.4. The Morgan fingerprint density at radius 1 is 0.937 bits per heavy atom. The molecule has 4 heterocycles. The van der Waals surface area contributed by atoms with Crippen LogP contribution < -0.4 is 24.6 Å². The van der Waals surface area contributed by atoms with E-state index >= 15 is 0 Å². The van der Waals surface area contributed by atoms with Crippen molar-refractivity contribution in [1.29, 1.82) is 0 Å². The zero-order valence-electron chi connectivity index (χ0n) is 36.0. The fraction of sp³-hybridized carbons (Fsp3) is 0.347. The number of hydrogen-bond acceptors (Lipinski definition) is 10. The van der Waals surface area contributed by atoms with Gasteiger partial charge in [0.25, 0.3) is 15.9 Å². The van der Waals surface area contributed by atoms with E-state index < -0.39 is 15.9 Å². The number of rotatable bonds is 12. The van der Waals surface area contributed by atoms with Crippen LogP contribution in [0.25, 0.3) is 16.5 Å². The second-order valence-electron chi connectivity index (χ2n) is 17.8. The van der Waals surface area contributed by atoms with E-state index in [1.165, 1.54) is 23.1 Å². The number of fused-ring (bicyclic) bond motifs is 1. The van der Waals surface area contributed by atoms with Gasteiger partial charge in [-0.15, -0.1) is 11.3 Å². The Bertz CT molecular complexity index is 2740.